The summed E-state index contributed by atoms with van der Waals surface area (Å²) in [6, 6.07) is 38.1. The molecule has 5 aromatic carbocycles. The van der Waals surface area contributed by atoms with Crippen LogP contribution in [0.3, 0.4) is 0 Å². The Morgan fingerprint density at radius 2 is 1.02 bits per heavy atom. The first-order chi connectivity index (χ1) is 63.1. The van der Waals surface area contributed by atoms with Gasteiger partial charge in [0.25, 0.3) is 11.8 Å². The Morgan fingerprint density at radius 1 is 0.553 bits per heavy atom. The Morgan fingerprint density at radius 3 is 1.47 bits per heavy atom. The van der Waals surface area contributed by atoms with E-state index in [0.29, 0.717) is 144 Å². The molecule has 8 amide bonds. The summed E-state index contributed by atoms with van der Waals surface area (Å²) < 4.78 is 34.7. The third kappa shape index (κ3) is 26.1. The number of unbranched alkanes of at least 4 members (excludes halogenated alkanes) is 2. The van der Waals surface area contributed by atoms with Crippen LogP contribution in [0.4, 0.5) is 22.7 Å². The number of hydrogen-bond acceptors (Lipinski definition) is 23. The summed E-state index contributed by atoms with van der Waals surface area (Å²) in [6.45, 7) is 27.4. The highest BCUT2D eigenvalue weighted by Crippen LogP contribution is 2.41. The van der Waals surface area contributed by atoms with Gasteiger partial charge in [0.2, 0.25) is 35.4 Å². The molecule has 4 aliphatic heterocycles. The van der Waals surface area contributed by atoms with Crippen molar-refractivity contribution in [3.05, 3.63) is 183 Å². The molecule has 3 aromatic heterocycles. The molecule has 132 heavy (non-hydrogen) atoms. The Bertz CT molecular complexity index is 5460. The number of ether oxygens (including phenoxy) is 6. The molecule has 29 nitrogen and oxygen atoms in total. The molecular formula is C97H115Cl2N15O14S4. The van der Waals surface area contributed by atoms with Gasteiger partial charge >= 0.3 is 0 Å². The van der Waals surface area contributed by atoms with Gasteiger partial charge in [0.1, 0.15) is 72.1 Å². The number of thiocarbonyl (C=S) groups is 2. The van der Waals surface area contributed by atoms with Crippen molar-refractivity contribution in [2.24, 2.45) is 23.2 Å². The summed E-state index contributed by atoms with van der Waals surface area (Å²) >= 11 is 27.1. The fourth-order valence-corrected chi connectivity index (χ4v) is 18.7. The fraction of sp³-hybridized carbons (Fsp3) is 0.454. The van der Waals surface area contributed by atoms with Crippen molar-refractivity contribution in [2.75, 3.05) is 98.8 Å². The molecule has 0 saturated carbocycles. The van der Waals surface area contributed by atoms with Crippen LogP contribution in [0.15, 0.2) is 145 Å². The maximum absolute atomic E-state index is 14.1. The van der Waals surface area contributed by atoms with Gasteiger partial charge in [-0.25, -0.2) is 9.97 Å². The van der Waals surface area contributed by atoms with Crippen LogP contribution < -0.4 is 50.3 Å². The van der Waals surface area contributed by atoms with Gasteiger partial charge in [-0.1, -0.05) is 120 Å². The van der Waals surface area contributed by atoms with Gasteiger partial charge in [-0.05, 0) is 229 Å². The fourth-order valence-electron chi connectivity index (χ4n) is 15.8. The van der Waals surface area contributed by atoms with E-state index in [-0.39, 0.29) is 87.3 Å². The molecular weight excluding hydrogens is 1800 g/mol. The van der Waals surface area contributed by atoms with Crippen LogP contribution in [-0.4, -0.2) is 197 Å². The third-order valence-electron chi connectivity index (χ3n) is 23.0. The van der Waals surface area contributed by atoms with Crippen molar-refractivity contribution in [2.45, 2.75) is 183 Å². The Hall–Kier alpha value is -11.0. The third-order valence-corrected chi connectivity index (χ3v) is 26.1. The van der Waals surface area contributed by atoms with Gasteiger partial charge in [-0.15, -0.1) is 22.7 Å². The molecule has 4 aliphatic rings. The van der Waals surface area contributed by atoms with Crippen LogP contribution >= 0.6 is 70.3 Å². The number of nitrogens with one attached hydrogen (secondary N) is 4. The average Bonchev–Trinajstić information content (AvgIpc) is 1.59. The van der Waals surface area contributed by atoms with Crippen LogP contribution in [0, 0.1) is 52.8 Å². The zero-order chi connectivity index (χ0) is 95.1. The van der Waals surface area contributed by atoms with Crippen LogP contribution in [0.5, 0.6) is 11.5 Å². The van der Waals surface area contributed by atoms with Gasteiger partial charge in [0.05, 0.1) is 72.9 Å². The van der Waals surface area contributed by atoms with E-state index in [1.54, 1.807) is 79.8 Å². The highest BCUT2D eigenvalue weighted by Gasteiger charge is 2.53. The van der Waals surface area contributed by atoms with Crippen molar-refractivity contribution < 1.29 is 66.8 Å². The summed E-state index contributed by atoms with van der Waals surface area (Å²) in [4.78, 5) is 132. The minimum absolute atomic E-state index is 0.0658. The topological polar surface area (TPSA) is 346 Å². The molecule has 0 spiro atoms. The van der Waals surface area contributed by atoms with E-state index in [1.807, 2.05) is 190 Å². The number of nitrogens with zero attached hydrogens (tertiary/aromatic N) is 11. The van der Waals surface area contributed by atoms with Gasteiger partial charge in [0, 0.05) is 83.4 Å². The number of likely N-dealkylation sites (tertiary alicyclic amines) is 2. The maximum Gasteiger partial charge on any atom is 0.259 e. The van der Waals surface area contributed by atoms with E-state index in [2.05, 4.69) is 36.2 Å². The number of benzene rings is 5. The molecule has 0 unspecified atom stereocenters. The van der Waals surface area contributed by atoms with Gasteiger partial charge in [-0.3, -0.25) is 53.1 Å². The molecule has 4 fully saturated rings. The van der Waals surface area contributed by atoms with Crippen LogP contribution in [0.2, 0.25) is 10.0 Å². The lowest BCUT2D eigenvalue weighted by molar-refractivity contribution is -0.144. The van der Waals surface area contributed by atoms with E-state index in [4.69, 9.17) is 76.1 Å². The van der Waals surface area contributed by atoms with Crippen molar-refractivity contribution in [3.63, 3.8) is 0 Å². The van der Waals surface area contributed by atoms with E-state index in [9.17, 15) is 48.9 Å². The minimum atomic E-state index is -0.989. The predicted molar refractivity (Wildman–Crippen MR) is 519 cm³/mol. The van der Waals surface area contributed by atoms with Crippen molar-refractivity contribution in [3.8, 4) is 44.5 Å². The molecule has 12 rings (SSSR count). The first-order valence-electron chi connectivity index (χ1n) is 44.2. The lowest BCUT2D eigenvalue weighted by atomic mass is 9.85. The molecule has 8 aromatic rings. The predicted octanol–water partition coefficient (Wildman–Crippen LogP) is 15.2. The number of carbonyl (C=O) groups is 8. The maximum atomic E-state index is 14.1. The summed E-state index contributed by atoms with van der Waals surface area (Å²) in [5.74, 6) is -0.789. The van der Waals surface area contributed by atoms with Crippen molar-refractivity contribution in [1.29, 1.82) is 10.5 Å². The lowest BCUT2D eigenvalue weighted by Gasteiger charge is -2.35. The minimum Gasteiger partial charge on any atom is -0.494 e. The summed E-state index contributed by atoms with van der Waals surface area (Å²) in [6.07, 6.45) is 8.64. The highest BCUT2D eigenvalue weighted by molar-refractivity contribution is 7.81. The van der Waals surface area contributed by atoms with Crippen molar-refractivity contribution in [1.82, 2.24) is 46.0 Å². The summed E-state index contributed by atoms with van der Waals surface area (Å²) in [5, 5.41) is 31.2. The normalized spacial score (nSPS) is 17.4. The van der Waals surface area contributed by atoms with Crippen molar-refractivity contribution >= 4 is 151 Å². The van der Waals surface area contributed by atoms with Gasteiger partial charge in [0.15, 0.2) is 15.9 Å². The largest absolute Gasteiger partial charge is 0.494 e. The van der Waals surface area contributed by atoms with Crippen LogP contribution in [-0.2, 0) is 70.4 Å². The molecule has 4 N–H and O–H groups in total. The number of carbonyl (C=O) groups excluding carboxylic acids is 8. The smallest absolute Gasteiger partial charge is 0.259 e. The molecule has 0 radical (unpaired) electrons. The monoisotopic (exact) mass is 1910 g/mol. The molecule has 0 aliphatic carbocycles. The number of anilines is 4. The van der Waals surface area contributed by atoms with Gasteiger partial charge < -0.3 is 69.3 Å². The zero-order valence-corrected chi connectivity index (χ0v) is 81.3. The molecule has 7 heterocycles. The van der Waals surface area contributed by atoms with E-state index < -0.39 is 52.5 Å². The van der Waals surface area contributed by atoms with Crippen LogP contribution in [0.25, 0.3) is 20.9 Å². The summed E-state index contributed by atoms with van der Waals surface area (Å²) in [7, 11) is 0. The molecule has 700 valence electrons. The van der Waals surface area contributed by atoms with E-state index in [0.717, 1.165) is 69.1 Å². The number of thiazole rings is 2. The quantitative estimate of drug-likeness (QED) is 0.0204. The second kappa shape index (κ2) is 47.1. The van der Waals surface area contributed by atoms with Crippen LogP contribution in [0.1, 0.15) is 156 Å². The highest BCUT2D eigenvalue weighted by atomic mass is 35.5. The Kier molecular flexibility index (Phi) is 36.3. The standard InChI is InChI=1S/C49H59ClN8O7S2.C48H56ClN7O7S2/c1-31-23-40(44(60)53-26-33-11-13-34(14-12-33)42-32(2)54-30-67-42)56(28-31)45(61)43(48(3,4)5)55-41(59)29-64-21-10-20-63-19-8-9-22-65-37-17-15-35(16-18-37)58-47(66)57(46(62)49(58,6)7)36-24-38(50)39(25-51)52-27-36;1-31(2)43(45(59)54-28-32(3)23-40(54)44(58)52-26-33-9-11-34(12-10-33)41-27-51-30-65-41)53-42(57)29-62-21-8-20-61-19-6-7-22-63-38-17-15-36(16-18-38)56-47(64)55(46(60)48(56,4)5)37-14-13-35(25-50)39(49)24-37/h11-18,24,27,30-31,40,43H,8-10,19-23,26,28-29H2,1-7H3,(H,53,60)(H,55,59);9-18,24,27,30-32,40,43H,6-8,19-23,26,28-29H2,1-5H3,(H,52,58)(H,53,57)/t31-,40+,43-;32-,40+,43+/m11/s1. The number of nitriles is 2. The first kappa shape index (κ1) is 102. The molecule has 4 saturated heterocycles. The van der Waals surface area contributed by atoms with E-state index >= 15 is 0 Å². The second-order valence-electron chi connectivity index (χ2n) is 35.5. The average molecular weight is 1910 g/mol. The number of halogens is 2. The number of hydrogen-bond donors (Lipinski definition) is 4. The Labute approximate surface area is 800 Å². The number of aryl methyl sites for hydroxylation is 1. The lowest BCUT2D eigenvalue weighted by Crippen LogP contribution is -2.58. The molecule has 35 heteroatoms. The molecule has 6 atom stereocenters. The number of aromatic nitrogens is 3. The summed E-state index contributed by atoms with van der Waals surface area (Å²) in [5.41, 5.74) is 8.81. The number of rotatable bonds is 41. The first-order valence-corrected chi connectivity index (χ1v) is 47.5. The Balaban J connectivity index is 0.000000255. The number of amides is 8. The van der Waals surface area contributed by atoms with E-state index in [1.165, 1.54) is 22.1 Å². The number of pyridine rings is 1. The SMILES string of the molecule is CC(C)[C@H](NC(=O)COCCCOCCCCOc1ccc(N2C(=S)N(c3ccc(C#N)c(Cl)c3)C(=O)C2(C)C)cc1)C(=O)N1C[C@H](C)C[C@H]1C(=O)NCc1ccc(-c2cncs2)cc1.Cc1ncsc1-c1ccc(CNC(=O)[C@@H]2C[C@@H](C)CN2C(=O)[C@@H](NC(=O)COCCCOCCCCOc2ccc(N3C(=S)N(c4cnc(C#N)c(Cl)c4)C(=O)C3(C)C)cc2)C(C)(C)C)cc1. The second-order valence-corrected chi connectivity index (χ2v) is 38.8. The van der Waals surface area contributed by atoms with Gasteiger partial charge in [-0.2, -0.15) is 10.5 Å². The zero-order valence-electron chi connectivity index (χ0n) is 76.5. The molecule has 0 bridgehead atoms.